The molecule has 3 aromatic rings. The number of halogens is 2. The highest BCUT2D eigenvalue weighted by molar-refractivity contribution is 5.94. The Bertz CT molecular complexity index is 1010. The van der Waals surface area contributed by atoms with Crippen molar-refractivity contribution in [2.75, 3.05) is 11.9 Å². The van der Waals surface area contributed by atoms with Crippen LogP contribution in [-0.4, -0.2) is 30.1 Å². The Labute approximate surface area is 165 Å². The van der Waals surface area contributed by atoms with E-state index in [0.717, 1.165) is 16.6 Å². The molecule has 1 N–H and O–H groups in total. The van der Waals surface area contributed by atoms with Gasteiger partial charge in [0.25, 0.3) is 5.91 Å². The Morgan fingerprint density at radius 2 is 1.76 bits per heavy atom. The molecule has 0 atom stereocenters. The summed E-state index contributed by atoms with van der Waals surface area (Å²) in [4.78, 5) is 28.3. The number of nitrogens with zero attached hydrogens (tertiary/aromatic N) is 1. The third kappa shape index (κ3) is 5.97. The number of nitrogens with one attached hydrogen (secondary N) is 1. The molecule has 1 amide bonds. The van der Waals surface area contributed by atoms with E-state index >= 15 is 0 Å². The van der Waals surface area contributed by atoms with Crippen molar-refractivity contribution >= 4 is 28.5 Å². The fourth-order valence-corrected chi connectivity index (χ4v) is 2.65. The number of pyridine rings is 1. The van der Waals surface area contributed by atoms with Gasteiger partial charge in [-0.25, -0.2) is 0 Å². The van der Waals surface area contributed by atoms with E-state index in [4.69, 9.17) is 4.74 Å². The zero-order valence-electron chi connectivity index (χ0n) is 15.3. The lowest BCUT2D eigenvalue weighted by Crippen LogP contribution is -2.21. The molecule has 1 aromatic heterocycles. The molecule has 2 aromatic carbocycles. The van der Waals surface area contributed by atoms with Crippen LogP contribution in [0.4, 0.5) is 14.5 Å². The largest absolute Gasteiger partial charge is 0.456 e. The first-order valence-electron chi connectivity index (χ1n) is 8.85. The number of carbonyl (C=O) groups is 2. The molecule has 0 radical (unpaired) electrons. The fourth-order valence-electron chi connectivity index (χ4n) is 2.65. The molecule has 0 saturated heterocycles. The first-order valence-corrected chi connectivity index (χ1v) is 8.85. The van der Waals surface area contributed by atoms with Gasteiger partial charge in [0.05, 0.1) is 17.6 Å². The molecular formula is C21H18F2N2O4. The highest BCUT2D eigenvalue weighted by Crippen LogP contribution is 2.25. The van der Waals surface area contributed by atoms with Crippen LogP contribution < -0.4 is 10.1 Å². The normalized spacial score (nSPS) is 10.7. The number of ether oxygens (including phenoxy) is 2. The maximum absolute atomic E-state index is 12.4. The predicted molar refractivity (Wildman–Crippen MR) is 103 cm³/mol. The summed E-state index contributed by atoms with van der Waals surface area (Å²) in [6, 6.07) is 17.1. The molecule has 0 spiro atoms. The lowest BCUT2D eigenvalue weighted by Gasteiger charge is -2.11. The highest BCUT2D eigenvalue weighted by atomic mass is 19.3. The molecule has 0 aliphatic heterocycles. The Kier molecular flexibility index (Phi) is 6.67. The number of benzene rings is 2. The number of esters is 1. The second-order valence-corrected chi connectivity index (χ2v) is 6.08. The van der Waals surface area contributed by atoms with Gasteiger partial charge in [-0.15, -0.1) is 0 Å². The summed E-state index contributed by atoms with van der Waals surface area (Å²) < 4.78 is 34.1. The van der Waals surface area contributed by atoms with Crippen molar-refractivity contribution in [1.82, 2.24) is 4.98 Å². The summed E-state index contributed by atoms with van der Waals surface area (Å²) in [6.45, 7) is -3.55. The molecule has 29 heavy (non-hydrogen) atoms. The van der Waals surface area contributed by atoms with Gasteiger partial charge < -0.3 is 14.8 Å². The minimum absolute atomic E-state index is 0.0592. The number of alkyl halides is 2. The van der Waals surface area contributed by atoms with E-state index in [1.165, 1.54) is 18.2 Å². The molecule has 0 bridgehead atoms. The highest BCUT2D eigenvalue weighted by Gasteiger charge is 2.13. The third-order valence-electron chi connectivity index (χ3n) is 3.98. The zero-order valence-corrected chi connectivity index (χ0v) is 15.3. The van der Waals surface area contributed by atoms with Crippen molar-refractivity contribution in [3.63, 3.8) is 0 Å². The second kappa shape index (κ2) is 9.59. The second-order valence-electron chi connectivity index (χ2n) is 6.08. The lowest BCUT2D eigenvalue weighted by atomic mass is 10.1. The molecule has 6 nitrogen and oxygen atoms in total. The number of para-hydroxylation sites is 3. The van der Waals surface area contributed by atoms with Crippen LogP contribution >= 0.6 is 0 Å². The number of anilines is 1. The first-order chi connectivity index (χ1) is 14.0. The van der Waals surface area contributed by atoms with Crippen LogP contribution in [-0.2, 0) is 20.7 Å². The van der Waals surface area contributed by atoms with Crippen molar-refractivity contribution in [3.05, 3.63) is 66.4 Å². The van der Waals surface area contributed by atoms with Crippen LogP contribution in [0.2, 0.25) is 0 Å². The van der Waals surface area contributed by atoms with Gasteiger partial charge in [-0.3, -0.25) is 14.6 Å². The Morgan fingerprint density at radius 3 is 2.59 bits per heavy atom. The number of amides is 1. The number of hydrogen-bond donors (Lipinski definition) is 1. The molecule has 1 heterocycles. The molecular weight excluding hydrogens is 382 g/mol. The van der Waals surface area contributed by atoms with Gasteiger partial charge in [0.15, 0.2) is 6.61 Å². The van der Waals surface area contributed by atoms with Crippen molar-refractivity contribution in [2.45, 2.75) is 19.5 Å². The van der Waals surface area contributed by atoms with E-state index in [0.29, 0.717) is 6.42 Å². The van der Waals surface area contributed by atoms with Crippen LogP contribution in [0, 0.1) is 0 Å². The van der Waals surface area contributed by atoms with Gasteiger partial charge in [-0.2, -0.15) is 8.78 Å². The van der Waals surface area contributed by atoms with Crippen LogP contribution in [0.25, 0.3) is 10.9 Å². The zero-order chi connectivity index (χ0) is 20.6. The molecule has 8 heteroatoms. The van der Waals surface area contributed by atoms with E-state index < -0.39 is 25.1 Å². The van der Waals surface area contributed by atoms with E-state index in [2.05, 4.69) is 15.0 Å². The summed E-state index contributed by atoms with van der Waals surface area (Å²) in [5.74, 6) is -1.40. The summed E-state index contributed by atoms with van der Waals surface area (Å²) in [5.41, 5.74) is 1.64. The van der Waals surface area contributed by atoms with E-state index in [1.807, 2.05) is 36.4 Å². The van der Waals surface area contributed by atoms with Crippen molar-refractivity contribution in [2.24, 2.45) is 0 Å². The Morgan fingerprint density at radius 1 is 1.00 bits per heavy atom. The summed E-state index contributed by atoms with van der Waals surface area (Å²) >= 11 is 0. The molecule has 0 aliphatic rings. The quantitative estimate of drug-likeness (QED) is 0.580. The van der Waals surface area contributed by atoms with Crippen LogP contribution in [0.5, 0.6) is 5.75 Å². The molecule has 0 unspecified atom stereocenters. The van der Waals surface area contributed by atoms with Crippen molar-refractivity contribution in [1.29, 1.82) is 0 Å². The fraction of sp³-hybridized carbons (Fsp3) is 0.190. The standard InChI is InChI=1S/C21H18F2N2O4/c22-21(23)29-18-8-4-3-7-17(18)25-19(26)13-28-20(27)12-11-15-10-9-14-5-1-2-6-16(14)24-15/h1-10,21H,11-13H2,(H,25,26). The van der Waals surface area contributed by atoms with Gasteiger partial charge in [-0.1, -0.05) is 36.4 Å². The van der Waals surface area contributed by atoms with Crippen molar-refractivity contribution in [3.8, 4) is 5.75 Å². The monoisotopic (exact) mass is 400 g/mol. The van der Waals surface area contributed by atoms with Gasteiger partial charge in [-0.05, 0) is 24.3 Å². The van der Waals surface area contributed by atoms with E-state index in [1.54, 1.807) is 6.07 Å². The summed E-state index contributed by atoms with van der Waals surface area (Å²) in [6.07, 6.45) is 0.431. The number of aromatic nitrogens is 1. The number of rotatable bonds is 8. The smallest absolute Gasteiger partial charge is 0.387 e. The van der Waals surface area contributed by atoms with Gasteiger partial charge in [0, 0.05) is 17.5 Å². The number of hydrogen-bond acceptors (Lipinski definition) is 5. The van der Waals surface area contributed by atoms with Gasteiger partial charge in [0.2, 0.25) is 0 Å². The van der Waals surface area contributed by atoms with E-state index in [9.17, 15) is 18.4 Å². The predicted octanol–water partition coefficient (Wildman–Crippen LogP) is 3.95. The Hall–Kier alpha value is -3.55. The SMILES string of the molecule is O=C(COC(=O)CCc1ccc2ccccc2n1)Nc1ccccc1OC(F)F. The minimum atomic E-state index is -3.02. The number of fused-ring (bicyclic) bond motifs is 1. The van der Waals surface area contributed by atoms with E-state index in [-0.39, 0.29) is 17.9 Å². The average molecular weight is 400 g/mol. The molecule has 150 valence electrons. The first kappa shape index (κ1) is 20.2. The van der Waals surface area contributed by atoms with Gasteiger partial charge >= 0.3 is 12.6 Å². The summed E-state index contributed by atoms with van der Waals surface area (Å²) in [5, 5.41) is 3.38. The van der Waals surface area contributed by atoms with Crippen LogP contribution in [0.3, 0.4) is 0 Å². The van der Waals surface area contributed by atoms with Crippen LogP contribution in [0.15, 0.2) is 60.7 Å². The summed E-state index contributed by atoms with van der Waals surface area (Å²) in [7, 11) is 0. The topological polar surface area (TPSA) is 77.5 Å². The molecule has 3 rings (SSSR count). The average Bonchev–Trinajstić information content (AvgIpc) is 2.71. The maximum atomic E-state index is 12.4. The lowest BCUT2D eigenvalue weighted by molar-refractivity contribution is -0.147. The Balaban J connectivity index is 1.47. The minimum Gasteiger partial charge on any atom is -0.456 e. The maximum Gasteiger partial charge on any atom is 0.387 e. The molecule has 0 aliphatic carbocycles. The third-order valence-corrected chi connectivity index (χ3v) is 3.98. The van der Waals surface area contributed by atoms with Crippen molar-refractivity contribution < 1.29 is 27.8 Å². The number of carbonyl (C=O) groups excluding carboxylic acids is 2. The van der Waals surface area contributed by atoms with Crippen LogP contribution in [0.1, 0.15) is 12.1 Å². The molecule has 0 saturated carbocycles. The van der Waals surface area contributed by atoms with Gasteiger partial charge in [0.1, 0.15) is 5.75 Å². The number of aryl methyl sites for hydroxylation is 1. The molecule has 0 fully saturated rings.